The molecule has 2 atom stereocenters. The van der Waals surface area contributed by atoms with E-state index in [0.717, 1.165) is 23.1 Å². The van der Waals surface area contributed by atoms with Crippen molar-refractivity contribution in [2.24, 2.45) is 0 Å². The van der Waals surface area contributed by atoms with Gasteiger partial charge in [0.15, 0.2) is 0 Å². The van der Waals surface area contributed by atoms with Crippen LogP contribution in [0.4, 0.5) is 5.69 Å². The van der Waals surface area contributed by atoms with Gasteiger partial charge in [0, 0.05) is 23.2 Å². The lowest BCUT2D eigenvalue weighted by atomic mass is 10.1. The predicted octanol–water partition coefficient (Wildman–Crippen LogP) is 1.06. The van der Waals surface area contributed by atoms with Crippen LogP contribution < -0.4 is 10.2 Å². The second-order valence-electron chi connectivity index (χ2n) is 4.86. The minimum atomic E-state index is -0.400. The van der Waals surface area contributed by atoms with Gasteiger partial charge in [-0.25, -0.2) is 0 Å². The van der Waals surface area contributed by atoms with Crippen molar-refractivity contribution in [3.8, 4) is 0 Å². The van der Waals surface area contributed by atoms with E-state index in [1.54, 1.807) is 0 Å². The molecule has 0 radical (unpaired) electrons. The number of fused-ring (bicyclic) bond motifs is 1. The van der Waals surface area contributed by atoms with E-state index in [9.17, 15) is 9.90 Å². The lowest BCUT2D eigenvalue weighted by Gasteiger charge is -2.21. The van der Waals surface area contributed by atoms with Gasteiger partial charge in [0.05, 0.1) is 12.1 Å². The first-order valence-corrected chi connectivity index (χ1v) is 6.95. The second-order valence-corrected chi connectivity index (χ2v) is 5.78. The highest BCUT2D eigenvalue weighted by Gasteiger charge is 2.34. The first kappa shape index (κ1) is 12.1. The van der Waals surface area contributed by atoms with Gasteiger partial charge >= 0.3 is 0 Å². The lowest BCUT2D eigenvalue weighted by molar-refractivity contribution is -0.120. The zero-order valence-corrected chi connectivity index (χ0v) is 11.5. The average molecular weight is 311 g/mol. The lowest BCUT2D eigenvalue weighted by Crippen LogP contribution is -2.42. The largest absolute Gasteiger partial charge is 0.392 e. The quantitative estimate of drug-likeness (QED) is 0.815. The fourth-order valence-corrected chi connectivity index (χ4v) is 3.02. The summed E-state index contributed by atoms with van der Waals surface area (Å²) in [4.78, 5) is 14.2. The zero-order chi connectivity index (χ0) is 12.7. The highest BCUT2D eigenvalue weighted by molar-refractivity contribution is 9.10. The smallest absolute Gasteiger partial charge is 0.244 e. The third-order valence-electron chi connectivity index (χ3n) is 3.61. The van der Waals surface area contributed by atoms with Crippen LogP contribution in [0.3, 0.4) is 0 Å². The van der Waals surface area contributed by atoms with Gasteiger partial charge in [-0.2, -0.15) is 0 Å². The molecule has 2 heterocycles. The standard InChI is InChI=1S/C13H15BrN2O2/c14-9-2-1-8-3-4-16(12(8)5-9)13(18)11-6-10(17)7-15-11/h1-2,5,10-11,15,17H,3-4,6-7H2. The topological polar surface area (TPSA) is 52.6 Å². The fraction of sp³-hybridized carbons (Fsp3) is 0.462. The van der Waals surface area contributed by atoms with Gasteiger partial charge in [-0.05, 0) is 30.5 Å². The van der Waals surface area contributed by atoms with Crippen molar-refractivity contribution in [1.82, 2.24) is 5.32 Å². The monoisotopic (exact) mass is 310 g/mol. The molecule has 2 aliphatic rings. The Bertz CT molecular complexity index is 492. The Kier molecular flexibility index (Phi) is 3.13. The maximum atomic E-state index is 12.4. The number of benzene rings is 1. The number of rotatable bonds is 1. The van der Waals surface area contributed by atoms with Crippen LogP contribution in [0.5, 0.6) is 0 Å². The molecule has 5 heteroatoms. The number of aliphatic hydroxyl groups is 1. The molecular weight excluding hydrogens is 296 g/mol. The van der Waals surface area contributed by atoms with Crippen molar-refractivity contribution in [2.45, 2.75) is 25.0 Å². The summed E-state index contributed by atoms with van der Waals surface area (Å²) in [6.45, 7) is 1.24. The Hall–Kier alpha value is -0.910. The van der Waals surface area contributed by atoms with Gasteiger partial charge in [-0.15, -0.1) is 0 Å². The summed E-state index contributed by atoms with van der Waals surface area (Å²) < 4.78 is 0.986. The molecule has 2 aliphatic heterocycles. The van der Waals surface area contributed by atoms with Gasteiger partial charge in [0.2, 0.25) is 5.91 Å². The number of nitrogens with one attached hydrogen (secondary N) is 1. The highest BCUT2D eigenvalue weighted by Crippen LogP contribution is 2.31. The minimum absolute atomic E-state index is 0.0726. The average Bonchev–Trinajstić information content (AvgIpc) is 2.94. The van der Waals surface area contributed by atoms with Crippen molar-refractivity contribution in [1.29, 1.82) is 0 Å². The SMILES string of the molecule is O=C(C1CC(O)CN1)N1CCc2ccc(Br)cc21. The Balaban J connectivity index is 1.83. The van der Waals surface area contributed by atoms with E-state index < -0.39 is 6.10 Å². The minimum Gasteiger partial charge on any atom is -0.392 e. The summed E-state index contributed by atoms with van der Waals surface area (Å²) in [7, 11) is 0. The van der Waals surface area contributed by atoms with Gasteiger partial charge in [-0.3, -0.25) is 4.79 Å². The molecule has 1 aromatic carbocycles. The Morgan fingerprint density at radius 2 is 2.33 bits per heavy atom. The highest BCUT2D eigenvalue weighted by atomic mass is 79.9. The normalized spacial score (nSPS) is 26.4. The summed E-state index contributed by atoms with van der Waals surface area (Å²) in [6.07, 6.45) is 1.02. The van der Waals surface area contributed by atoms with Crippen LogP contribution in [-0.2, 0) is 11.2 Å². The van der Waals surface area contributed by atoms with E-state index in [-0.39, 0.29) is 11.9 Å². The molecule has 1 saturated heterocycles. The zero-order valence-electron chi connectivity index (χ0n) is 9.90. The van der Waals surface area contributed by atoms with Crippen LogP contribution in [0.2, 0.25) is 0 Å². The van der Waals surface area contributed by atoms with Gasteiger partial charge in [0.1, 0.15) is 0 Å². The third kappa shape index (κ3) is 2.06. The van der Waals surface area contributed by atoms with Crippen LogP contribution in [-0.4, -0.2) is 36.2 Å². The van der Waals surface area contributed by atoms with Crippen LogP contribution in [0.1, 0.15) is 12.0 Å². The maximum Gasteiger partial charge on any atom is 0.244 e. The summed E-state index contributed by atoms with van der Waals surface area (Å²) >= 11 is 3.44. The van der Waals surface area contributed by atoms with Crippen molar-refractivity contribution in [3.05, 3.63) is 28.2 Å². The summed E-state index contributed by atoms with van der Waals surface area (Å²) in [5.74, 6) is 0.0726. The molecule has 2 N–H and O–H groups in total. The first-order valence-electron chi connectivity index (χ1n) is 6.16. The molecule has 2 unspecified atom stereocenters. The molecule has 1 aromatic rings. The molecule has 0 bridgehead atoms. The number of carbonyl (C=O) groups is 1. The Morgan fingerprint density at radius 3 is 3.06 bits per heavy atom. The first-order chi connectivity index (χ1) is 8.65. The van der Waals surface area contributed by atoms with Gasteiger partial charge in [-0.1, -0.05) is 22.0 Å². The third-order valence-corrected chi connectivity index (χ3v) is 4.11. The molecule has 1 fully saturated rings. The number of aliphatic hydroxyl groups excluding tert-OH is 1. The Morgan fingerprint density at radius 1 is 1.50 bits per heavy atom. The van der Waals surface area contributed by atoms with Gasteiger partial charge in [0.25, 0.3) is 0 Å². The maximum absolute atomic E-state index is 12.4. The fourth-order valence-electron chi connectivity index (χ4n) is 2.67. The van der Waals surface area contributed by atoms with Crippen LogP contribution in [0, 0.1) is 0 Å². The van der Waals surface area contributed by atoms with E-state index in [1.165, 1.54) is 5.56 Å². The van der Waals surface area contributed by atoms with E-state index in [2.05, 4.69) is 27.3 Å². The number of carbonyl (C=O) groups excluding carboxylic acids is 1. The van der Waals surface area contributed by atoms with E-state index in [1.807, 2.05) is 17.0 Å². The Labute approximate surface area is 114 Å². The number of hydrogen-bond acceptors (Lipinski definition) is 3. The molecule has 0 saturated carbocycles. The molecule has 4 nitrogen and oxygen atoms in total. The molecule has 96 valence electrons. The van der Waals surface area contributed by atoms with Crippen molar-refractivity contribution in [2.75, 3.05) is 18.0 Å². The van der Waals surface area contributed by atoms with E-state index >= 15 is 0 Å². The number of halogens is 1. The number of anilines is 1. The number of hydrogen-bond donors (Lipinski definition) is 2. The van der Waals surface area contributed by atoms with Crippen LogP contribution >= 0.6 is 15.9 Å². The molecular formula is C13H15BrN2O2. The van der Waals surface area contributed by atoms with Crippen molar-refractivity contribution < 1.29 is 9.90 Å². The van der Waals surface area contributed by atoms with Crippen molar-refractivity contribution >= 4 is 27.5 Å². The number of nitrogens with zero attached hydrogens (tertiary/aromatic N) is 1. The molecule has 3 rings (SSSR count). The second kappa shape index (κ2) is 4.64. The predicted molar refractivity (Wildman–Crippen MR) is 72.6 cm³/mol. The van der Waals surface area contributed by atoms with Crippen LogP contribution in [0.15, 0.2) is 22.7 Å². The van der Waals surface area contributed by atoms with Gasteiger partial charge < -0.3 is 15.3 Å². The molecule has 0 spiro atoms. The van der Waals surface area contributed by atoms with E-state index in [4.69, 9.17) is 0 Å². The summed E-state index contributed by atoms with van der Waals surface area (Å²) in [5.41, 5.74) is 2.21. The van der Waals surface area contributed by atoms with Crippen LogP contribution in [0.25, 0.3) is 0 Å². The number of amides is 1. The molecule has 0 aliphatic carbocycles. The molecule has 1 amide bonds. The molecule has 18 heavy (non-hydrogen) atoms. The molecule has 0 aromatic heterocycles. The van der Waals surface area contributed by atoms with E-state index in [0.29, 0.717) is 13.0 Å². The summed E-state index contributed by atoms with van der Waals surface area (Å²) in [5, 5.41) is 12.6. The summed E-state index contributed by atoms with van der Waals surface area (Å²) in [6, 6.07) is 5.81. The van der Waals surface area contributed by atoms with Crippen molar-refractivity contribution in [3.63, 3.8) is 0 Å². The number of β-amino-alcohol motifs (C(OH)–C–C–N with tert-alkyl or cyclic N) is 1.